The average Bonchev–Trinajstić information content (AvgIpc) is 2.38. The van der Waals surface area contributed by atoms with Gasteiger partial charge >= 0.3 is 0 Å². The molecule has 2 aromatic carbocycles. The summed E-state index contributed by atoms with van der Waals surface area (Å²) in [6.45, 7) is 2.25. The summed E-state index contributed by atoms with van der Waals surface area (Å²) in [7, 11) is 0. The Morgan fingerprint density at radius 3 is 2.50 bits per heavy atom. The topological polar surface area (TPSA) is 29.5 Å². The number of aliphatic hydroxyl groups is 1. The summed E-state index contributed by atoms with van der Waals surface area (Å²) in [4.78, 5) is 0. The van der Waals surface area contributed by atoms with E-state index in [0.717, 1.165) is 21.3 Å². The highest BCUT2D eigenvalue weighted by Gasteiger charge is 2.10. The molecule has 0 aliphatic rings. The van der Waals surface area contributed by atoms with E-state index >= 15 is 0 Å². The highest BCUT2D eigenvalue weighted by Crippen LogP contribution is 2.32. The largest absolute Gasteiger partial charge is 0.488 e. The van der Waals surface area contributed by atoms with Gasteiger partial charge in [-0.3, -0.25) is 0 Å². The molecule has 0 aliphatic heterocycles. The molecular weight excluding hydrogens is 292 g/mol. The van der Waals surface area contributed by atoms with Crippen molar-refractivity contribution >= 4 is 15.9 Å². The lowest BCUT2D eigenvalue weighted by molar-refractivity contribution is 0.197. The molecule has 0 bridgehead atoms. The standard InChI is InChI=1S/C15H15BrO2/c1-11(17)13-8-5-9-14(15(13)16)18-10-12-6-3-2-4-7-12/h2-9,11,17H,10H2,1H3. The van der Waals surface area contributed by atoms with Crippen LogP contribution >= 0.6 is 15.9 Å². The van der Waals surface area contributed by atoms with Crippen LogP contribution in [0.4, 0.5) is 0 Å². The van der Waals surface area contributed by atoms with Gasteiger partial charge in [0.05, 0.1) is 10.6 Å². The van der Waals surface area contributed by atoms with Gasteiger partial charge in [0.1, 0.15) is 12.4 Å². The maximum atomic E-state index is 9.63. The normalized spacial score (nSPS) is 12.2. The maximum Gasteiger partial charge on any atom is 0.134 e. The minimum Gasteiger partial charge on any atom is -0.488 e. The summed E-state index contributed by atoms with van der Waals surface area (Å²) in [5.41, 5.74) is 1.95. The summed E-state index contributed by atoms with van der Waals surface area (Å²) >= 11 is 3.47. The molecule has 0 spiro atoms. The molecule has 0 saturated carbocycles. The van der Waals surface area contributed by atoms with Gasteiger partial charge in [-0.25, -0.2) is 0 Å². The molecule has 0 saturated heterocycles. The molecule has 0 aliphatic carbocycles. The van der Waals surface area contributed by atoms with Crippen molar-refractivity contribution in [3.05, 3.63) is 64.1 Å². The van der Waals surface area contributed by atoms with Crippen LogP contribution in [0.2, 0.25) is 0 Å². The monoisotopic (exact) mass is 306 g/mol. The molecule has 2 aromatic rings. The molecule has 0 radical (unpaired) electrons. The van der Waals surface area contributed by atoms with Crippen LogP contribution in [-0.4, -0.2) is 5.11 Å². The first-order valence-corrected chi connectivity index (χ1v) is 6.61. The number of hydrogen-bond acceptors (Lipinski definition) is 2. The van der Waals surface area contributed by atoms with Gasteiger partial charge in [-0.2, -0.15) is 0 Å². The highest BCUT2D eigenvalue weighted by atomic mass is 79.9. The van der Waals surface area contributed by atoms with Gasteiger partial charge in [0, 0.05) is 0 Å². The lowest BCUT2D eigenvalue weighted by Gasteiger charge is -2.13. The van der Waals surface area contributed by atoms with Crippen molar-refractivity contribution in [2.75, 3.05) is 0 Å². The van der Waals surface area contributed by atoms with Gasteiger partial charge in [-0.15, -0.1) is 0 Å². The Labute approximate surface area is 115 Å². The number of rotatable bonds is 4. The fourth-order valence-corrected chi connectivity index (χ4v) is 2.41. The number of halogens is 1. The van der Waals surface area contributed by atoms with E-state index in [-0.39, 0.29) is 0 Å². The van der Waals surface area contributed by atoms with E-state index in [1.165, 1.54) is 0 Å². The molecule has 18 heavy (non-hydrogen) atoms. The van der Waals surface area contributed by atoms with E-state index in [9.17, 15) is 5.11 Å². The van der Waals surface area contributed by atoms with Crippen LogP contribution < -0.4 is 4.74 Å². The van der Waals surface area contributed by atoms with Crippen molar-refractivity contribution in [2.24, 2.45) is 0 Å². The van der Waals surface area contributed by atoms with Gasteiger partial charge in [-0.05, 0) is 40.0 Å². The molecule has 3 heteroatoms. The summed E-state index contributed by atoms with van der Waals surface area (Å²) in [6.07, 6.45) is -0.514. The number of benzene rings is 2. The van der Waals surface area contributed by atoms with Crippen molar-refractivity contribution in [2.45, 2.75) is 19.6 Å². The Bertz CT molecular complexity index is 509. The Morgan fingerprint density at radius 2 is 1.83 bits per heavy atom. The van der Waals surface area contributed by atoms with E-state index in [0.29, 0.717) is 6.61 Å². The molecule has 2 rings (SSSR count). The summed E-state index contributed by atoms with van der Waals surface area (Å²) in [6, 6.07) is 15.6. The Kier molecular flexibility index (Phi) is 4.39. The SMILES string of the molecule is CC(O)c1cccc(OCc2ccccc2)c1Br. The third kappa shape index (κ3) is 3.12. The van der Waals surface area contributed by atoms with Gasteiger partial charge in [0.2, 0.25) is 0 Å². The molecule has 0 fully saturated rings. The Morgan fingerprint density at radius 1 is 1.11 bits per heavy atom. The summed E-state index contributed by atoms with van der Waals surface area (Å²) in [5.74, 6) is 0.747. The zero-order valence-corrected chi connectivity index (χ0v) is 11.7. The van der Waals surface area contributed by atoms with E-state index in [4.69, 9.17) is 4.74 Å². The van der Waals surface area contributed by atoms with Crippen molar-refractivity contribution in [3.8, 4) is 5.75 Å². The Balaban J connectivity index is 2.13. The molecule has 1 unspecified atom stereocenters. The van der Waals surface area contributed by atoms with E-state index < -0.39 is 6.10 Å². The third-order valence-corrected chi connectivity index (χ3v) is 3.53. The molecule has 0 heterocycles. The van der Waals surface area contributed by atoms with E-state index in [1.54, 1.807) is 6.92 Å². The zero-order valence-electron chi connectivity index (χ0n) is 10.1. The second-order valence-electron chi connectivity index (χ2n) is 4.11. The predicted octanol–water partition coefficient (Wildman–Crippen LogP) is 4.08. The fraction of sp³-hybridized carbons (Fsp3) is 0.200. The molecule has 1 atom stereocenters. The van der Waals surface area contributed by atoms with Crippen LogP contribution in [0.1, 0.15) is 24.2 Å². The first kappa shape index (κ1) is 13.1. The number of ether oxygens (including phenoxy) is 1. The maximum absolute atomic E-state index is 9.63. The minimum atomic E-state index is -0.514. The van der Waals surface area contributed by atoms with Gasteiger partial charge in [0.25, 0.3) is 0 Å². The lowest BCUT2D eigenvalue weighted by Crippen LogP contribution is -1.99. The summed E-state index contributed by atoms with van der Waals surface area (Å²) < 4.78 is 6.57. The van der Waals surface area contributed by atoms with Crippen LogP contribution in [0.25, 0.3) is 0 Å². The average molecular weight is 307 g/mol. The van der Waals surface area contributed by atoms with Crippen molar-refractivity contribution < 1.29 is 9.84 Å². The number of hydrogen-bond donors (Lipinski definition) is 1. The second-order valence-corrected chi connectivity index (χ2v) is 4.90. The smallest absolute Gasteiger partial charge is 0.134 e. The van der Waals surface area contributed by atoms with Crippen molar-refractivity contribution in [1.82, 2.24) is 0 Å². The molecule has 0 aromatic heterocycles. The first-order valence-electron chi connectivity index (χ1n) is 5.81. The molecule has 94 valence electrons. The van der Waals surface area contributed by atoms with E-state index in [2.05, 4.69) is 15.9 Å². The zero-order chi connectivity index (χ0) is 13.0. The quantitative estimate of drug-likeness (QED) is 0.922. The highest BCUT2D eigenvalue weighted by molar-refractivity contribution is 9.10. The van der Waals surface area contributed by atoms with Gasteiger partial charge in [-0.1, -0.05) is 42.5 Å². The van der Waals surface area contributed by atoms with Crippen molar-refractivity contribution in [1.29, 1.82) is 0 Å². The van der Waals surface area contributed by atoms with Gasteiger partial charge in [0.15, 0.2) is 0 Å². The Hall–Kier alpha value is -1.32. The first-order chi connectivity index (χ1) is 8.68. The van der Waals surface area contributed by atoms with Crippen molar-refractivity contribution in [3.63, 3.8) is 0 Å². The number of aliphatic hydroxyl groups excluding tert-OH is 1. The predicted molar refractivity (Wildman–Crippen MR) is 75.5 cm³/mol. The third-order valence-electron chi connectivity index (χ3n) is 2.68. The van der Waals surface area contributed by atoms with Crippen LogP contribution in [0.3, 0.4) is 0 Å². The van der Waals surface area contributed by atoms with Crippen LogP contribution in [0.15, 0.2) is 53.0 Å². The molecule has 0 amide bonds. The molecular formula is C15H15BrO2. The lowest BCUT2D eigenvalue weighted by atomic mass is 10.1. The molecule has 2 nitrogen and oxygen atoms in total. The van der Waals surface area contributed by atoms with Crippen LogP contribution in [0, 0.1) is 0 Å². The fourth-order valence-electron chi connectivity index (χ4n) is 1.70. The summed E-state index contributed by atoms with van der Waals surface area (Å²) in [5, 5.41) is 9.63. The van der Waals surface area contributed by atoms with E-state index in [1.807, 2.05) is 48.5 Å². The van der Waals surface area contributed by atoms with Gasteiger partial charge < -0.3 is 9.84 Å². The van der Waals surface area contributed by atoms with Crippen LogP contribution in [0.5, 0.6) is 5.75 Å². The second kappa shape index (κ2) is 6.03. The van der Waals surface area contributed by atoms with Crippen LogP contribution in [-0.2, 0) is 6.61 Å². The minimum absolute atomic E-state index is 0.514. The molecule has 1 N–H and O–H groups in total.